The third-order valence-electron chi connectivity index (χ3n) is 3.18. The van der Waals surface area contributed by atoms with Crippen molar-refractivity contribution in [2.45, 2.75) is 6.42 Å². The lowest BCUT2D eigenvalue weighted by atomic mass is 10.1. The van der Waals surface area contributed by atoms with Crippen LogP contribution in [0.4, 0.5) is 0 Å². The van der Waals surface area contributed by atoms with Crippen LogP contribution in [0.5, 0.6) is 0 Å². The van der Waals surface area contributed by atoms with Crippen LogP contribution in [0.1, 0.15) is 5.56 Å². The molecular weight excluding hydrogens is 302 g/mol. The van der Waals surface area contributed by atoms with Crippen LogP contribution in [-0.2, 0) is 16.0 Å². The zero-order valence-electron chi connectivity index (χ0n) is 12.2. The molecule has 4 N–H and O–H groups in total. The molecular formula is C16H20ClN3O2. The molecule has 2 rings (SSSR count). The summed E-state index contributed by atoms with van der Waals surface area (Å²) in [5.41, 5.74) is 6.30. The molecule has 0 heterocycles. The highest BCUT2D eigenvalue weighted by Crippen LogP contribution is 2.15. The molecule has 118 valence electrons. The molecule has 2 aromatic carbocycles. The maximum absolute atomic E-state index is 11.5. The van der Waals surface area contributed by atoms with Crippen LogP contribution < -0.4 is 16.4 Å². The van der Waals surface area contributed by atoms with E-state index < -0.39 is 0 Å². The van der Waals surface area contributed by atoms with Crippen LogP contribution in [0.25, 0.3) is 10.8 Å². The molecule has 0 saturated carbocycles. The minimum atomic E-state index is -0.334. The van der Waals surface area contributed by atoms with Gasteiger partial charge in [-0.2, -0.15) is 0 Å². The van der Waals surface area contributed by atoms with Gasteiger partial charge in [-0.3, -0.25) is 9.59 Å². The van der Waals surface area contributed by atoms with Gasteiger partial charge in [0.05, 0.1) is 13.1 Å². The molecule has 2 aromatic rings. The first-order valence-electron chi connectivity index (χ1n) is 6.90. The molecule has 0 spiro atoms. The average molecular weight is 322 g/mol. The average Bonchev–Trinajstić information content (AvgIpc) is 2.52. The highest BCUT2D eigenvalue weighted by atomic mass is 35.5. The number of nitrogens with two attached hydrogens (primary N) is 1. The normalized spacial score (nSPS) is 9.86. The number of carbonyl (C=O) groups excluding carboxylic acids is 2. The van der Waals surface area contributed by atoms with E-state index in [0.29, 0.717) is 6.54 Å². The second-order valence-electron chi connectivity index (χ2n) is 4.76. The Labute approximate surface area is 135 Å². The van der Waals surface area contributed by atoms with E-state index in [9.17, 15) is 9.59 Å². The second kappa shape index (κ2) is 9.02. The monoisotopic (exact) mass is 321 g/mol. The van der Waals surface area contributed by atoms with Gasteiger partial charge < -0.3 is 16.4 Å². The van der Waals surface area contributed by atoms with Gasteiger partial charge in [0.2, 0.25) is 11.8 Å². The highest BCUT2D eigenvalue weighted by Gasteiger charge is 2.03. The number of halogens is 1. The summed E-state index contributed by atoms with van der Waals surface area (Å²) in [7, 11) is 0. The Kier molecular flexibility index (Phi) is 7.36. The first-order chi connectivity index (χ1) is 10.2. The van der Waals surface area contributed by atoms with E-state index in [1.165, 1.54) is 16.3 Å². The number of amides is 2. The fourth-order valence-corrected chi connectivity index (χ4v) is 2.05. The fraction of sp³-hybridized carbons (Fsp3) is 0.250. The molecule has 6 heteroatoms. The van der Waals surface area contributed by atoms with E-state index >= 15 is 0 Å². The van der Waals surface area contributed by atoms with Crippen molar-refractivity contribution < 1.29 is 9.59 Å². The van der Waals surface area contributed by atoms with Crippen LogP contribution in [0.15, 0.2) is 42.5 Å². The van der Waals surface area contributed by atoms with Crippen LogP contribution >= 0.6 is 12.4 Å². The van der Waals surface area contributed by atoms with E-state index in [0.717, 1.165) is 6.42 Å². The Hall–Kier alpha value is -2.11. The molecule has 22 heavy (non-hydrogen) atoms. The molecule has 0 unspecified atom stereocenters. The molecule has 0 aliphatic carbocycles. The Balaban J connectivity index is 0.00000242. The summed E-state index contributed by atoms with van der Waals surface area (Å²) in [6.45, 7) is 0.397. The Bertz CT molecular complexity index is 646. The van der Waals surface area contributed by atoms with Gasteiger partial charge in [0.15, 0.2) is 0 Å². The molecule has 0 atom stereocenters. The van der Waals surface area contributed by atoms with Crippen molar-refractivity contribution in [2.75, 3.05) is 19.6 Å². The topological polar surface area (TPSA) is 84.2 Å². The first-order valence-corrected chi connectivity index (χ1v) is 6.90. The smallest absolute Gasteiger partial charge is 0.239 e. The van der Waals surface area contributed by atoms with Gasteiger partial charge in [0, 0.05) is 6.54 Å². The lowest BCUT2D eigenvalue weighted by Gasteiger charge is -2.07. The summed E-state index contributed by atoms with van der Waals surface area (Å²) < 4.78 is 0. The molecule has 5 nitrogen and oxygen atoms in total. The number of rotatable bonds is 6. The summed E-state index contributed by atoms with van der Waals surface area (Å²) in [5.74, 6) is -0.544. The zero-order chi connectivity index (χ0) is 15.1. The third kappa shape index (κ3) is 5.35. The molecule has 0 aliphatic heterocycles. The summed E-state index contributed by atoms with van der Waals surface area (Å²) in [6, 6.07) is 14.4. The summed E-state index contributed by atoms with van der Waals surface area (Å²) in [6.07, 6.45) is 0.751. The molecule has 0 fully saturated rings. The van der Waals surface area contributed by atoms with Gasteiger partial charge in [-0.1, -0.05) is 42.5 Å². The minimum absolute atomic E-state index is 0. The first kappa shape index (κ1) is 17.9. The van der Waals surface area contributed by atoms with Crippen LogP contribution in [-0.4, -0.2) is 31.4 Å². The number of fused-ring (bicyclic) bond motifs is 1. The van der Waals surface area contributed by atoms with Crippen LogP contribution in [0.3, 0.4) is 0 Å². The van der Waals surface area contributed by atoms with Crippen molar-refractivity contribution in [1.82, 2.24) is 10.6 Å². The van der Waals surface area contributed by atoms with E-state index in [4.69, 9.17) is 5.73 Å². The maximum Gasteiger partial charge on any atom is 0.239 e. The largest absolute Gasteiger partial charge is 0.354 e. The SMILES string of the molecule is Cl.NCC(=O)NCC(=O)NCCc1ccc2ccccc2c1. The van der Waals surface area contributed by atoms with Gasteiger partial charge in [-0.25, -0.2) is 0 Å². The molecule has 0 radical (unpaired) electrons. The van der Waals surface area contributed by atoms with Gasteiger partial charge >= 0.3 is 0 Å². The van der Waals surface area contributed by atoms with E-state index in [2.05, 4.69) is 41.0 Å². The minimum Gasteiger partial charge on any atom is -0.354 e. The Morgan fingerprint density at radius 1 is 0.955 bits per heavy atom. The summed E-state index contributed by atoms with van der Waals surface area (Å²) in [5, 5.41) is 7.59. The van der Waals surface area contributed by atoms with Gasteiger partial charge in [-0.15, -0.1) is 12.4 Å². The quantitative estimate of drug-likeness (QED) is 0.742. The van der Waals surface area contributed by atoms with Crippen LogP contribution in [0, 0.1) is 0 Å². The highest BCUT2D eigenvalue weighted by molar-refractivity contribution is 5.86. The molecule has 2 amide bonds. The van der Waals surface area contributed by atoms with Crippen LogP contribution in [0.2, 0.25) is 0 Å². The predicted molar refractivity (Wildman–Crippen MR) is 90.0 cm³/mol. The van der Waals surface area contributed by atoms with Crippen molar-refractivity contribution in [1.29, 1.82) is 0 Å². The fourth-order valence-electron chi connectivity index (χ4n) is 2.05. The molecule has 0 saturated heterocycles. The zero-order valence-corrected chi connectivity index (χ0v) is 13.0. The number of hydrogen-bond donors (Lipinski definition) is 3. The standard InChI is InChI=1S/C16H19N3O2.ClH/c17-10-15(20)19-11-16(21)18-8-7-12-5-6-13-3-1-2-4-14(13)9-12;/h1-6,9H,7-8,10-11,17H2,(H,18,21)(H,19,20);1H. The van der Waals surface area contributed by atoms with E-state index in [-0.39, 0.29) is 37.3 Å². The summed E-state index contributed by atoms with van der Waals surface area (Å²) >= 11 is 0. The molecule has 0 aromatic heterocycles. The predicted octanol–water partition coefficient (Wildman–Crippen LogP) is 0.995. The van der Waals surface area contributed by atoms with E-state index in [1.807, 2.05) is 12.1 Å². The van der Waals surface area contributed by atoms with Gasteiger partial charge in [0.25, 0.3) is 0 Å². The van der Waals surface area contributed by atoms with E-state index in [1.54, 1.807) is 0 Å². The molecule has 0 bridgehead atoms. The summed E-state index contributed by atoms with van der Waals surface area (Å²) in [4.78, 5) is 22.4. The molecule has 0 aliphatic rings. The maximum atomic E-state index is 11.5. The number of nitrogens with one attached hydrogen (secondary N) is 2. The lowest BCUT2D eigenvalue weighted by Crippen LogP contribution is -2.40. The Morgan fingerprint density at radius 2 is 1.68 bits per heavy atom. The number of benzene rings is 2. The lowest BCUT2D eigenvalue weighted by molar-refractivity contribution is -0.125. The van der Waals surface area contributed by atoms with Crippen molar-refractivity contribution in [3.8, 4) is 0 Å². The van der Waals surface area contributed by atoms with Crippen molar-refractivity contribution in [2.24, 2.45) is 5.73 Å². The van der Waals surface area contributed by atoms with Gasteiger partial charge in [0.1, 0.15) is 0 Å². The number of hydrogen-bond acceptors (Lipinski definition) is 3. The third-order valence-corrected chi connectivity index (χ3v) is 3.18. The van der Waals surface area contributed by atoms with Crippen molar-refractivity contribution in [3.05, 3.63) is 48.0 Å². The van der Waals surface area contributed by atoms with Crippen molar-refractivity contribution >= 4 is 35.0 Å². The second-order valence-corrected chi connectivity index (χ2v) is 4.76. The Morgan fingerprint density at radius 3 is 2.41 bits per heavy atom. The number of carbonyl (C=O) groups is 2. The van der Waals surface area contributed by atoms with Gasteiger partial charge in [-0.05, 0) is 22.8 Å². The van der Waals surface area contributed by atoms with Crippen molar-refractivity contribution in [3.63, 3.8) is 0 Å².